The summed E-state index contributed by atoms with van der Waals surface area (Å²) in [5, 5.41) is 4.35. The average Bonchev–Trinajstić information content (AvgIpc) is 3.22. The molecule has 1 saturated carbocycles. The third kappa shape index (κ3) is 4.43. The minimum absolute atomic E-state index is 0.165. The average molecular weight is 524 g/mol. The number of hydrogen-bond acceptors (Lipinski definition) is 6. The monoisotopic (exact) mass is 523 g/mol. The minimum atomic E-state index is -0.264. The molecule has 1 aliphatic carbocycles. The van der Waals surface area contributed by atoms with E-state index in [0.717, 1.165) is 72.7 Å². The SMILES string of the molecule is CNCc1c(-c2ccc(F)cc2)oc2cc(N(C)SC)c(C3CCCN(C(=O)C4C5COCC54)C3)cc12. The van der Waals surface area contributed by atoms with Gasteiger partial charge in [0.25, 0.3) is 0 Å². The standard InChI is InChI=1S/C29H34FN3O3S/c1-31-13-22-21-11-20(18-5-4-10-33(14-18)29(34)27-23-15-35-16-24(23)27)25(32(2)37-3)12-26(21)36-28(22)17-6-8-19(30)9-7-17/h6-9,11-12,18,23-24,27,31H,4-5,10,13-16H2,1-3H3. The van der Waals surface area contributed by atoms with Crippen molar-refractivity contribution in [1.29, 1.82) is 0 Å². The van der Waals surface area contributed by atoms with Crippen molar-refractivity contribution in [3.8, 4) is 11.3 Å². The van der Waals surface area contributed by atoms with Crippen LogP contribution in [-0.4, -0.2) is 57.5 Å². The quantitative estimate of drug-likeness (QED) is 0.426. The van der Waals surface area contributed by atoms with Crippen LogP contribution < -0.4 is 9.62 Å². The van der Waals surface area contributed by atoms with Gasteiger partial charge in [-0.3, -0.25) is 4.79 Å². The van der Waals surface area contributed by atoms with E-state index in [0.29, 0.717) is 24.3 Å². The van der Waals surface area contributed by atoms with Crippen molar-refractivity contribution >= 4 is 34.5 Å². The first-order chi connectivity index (χ1) is 18.0. The van der Waals surface area contributed by atoms with E-state index in [9.17, 15) is 9.18 Å². The van der Waals surface area contributed by atoms with Gasteiger partial charge in [-0.1, -0.05) is 11.9 Å². The highest BCUT2D eigenvalue weighted by atomic mass is 32.2. The van der Waals surface area contributed by atoms with Crippen LogP contribution in [0.25, 0.3) is 22.3 Å². The summed E-state index contributed by atoms with van der Waals surface area (Å²) in [6.45, 7) is 3.71. The first-order valence-electron chi connectivity index (χ1n) is 13.1. The van der Waals surface area contributed by atoms with Crippen LogP contribution in [0.1, 0.15) is 29.9 Å². The number of rotatable bonds is 7. The van der Waals surface area contributed by atoms with Crippen molar-refractivity contribution in [2.75, 3.05) is 51.0 Å². The van der Waals surface area contributed by atoms with Gasteiger partial charge in [0.2, 0.25) is 5.91 Å². The van der Waals surface area contributed by atoms with Crippen LogP contribution in [0.4, 0.5) is 10.1 Å². The third-order valence-corrected chi connectivity index (χ3v) is 9.17. The lowest BCUT2D eigenvalue weighted by atomic mass is 9.88. The smallest absolute Gasteiger partial charge is 0.226 e. The first kappa shape index (κ1) is 24.8. The third-order valence-electron chi connectivity index (χ3n) is 8.42. The van der Waals surface area contributed by atoms with Crippen LogP contribution in [0, 0.1) is 23.6 Å². The Morgan fingerprint density at radius 2 is 1.97 bits per heavy atom. The molecule has 2 aliphatic heterocycles. The number of furan rings is 1. The Kier molecular flexibility index (Phi) is 6.67. The fraction of sp³-hybridized carbons (Fsp3) is 0.483. The number of fused-ring (bicyclic) bond motifs is 2. The number of benzene rings is 2. The number of likely N-dealkylation sites (tertiary alicyclic amines) is 1. The minimum Gasteiger partial charge on any atom is -0.456 e. The zero-order valence-electron chi connectivity index (χ0n) is 21.6. The van der Waals surface area contributed by atoms with Gasteiger partial charge in [-0.05, 0) is 67.6 Å². The van der Waals surface area contributed by atoms with Crippen molar-refractivity contribution < 1.29 is 18.3 Å². The predicted molar refractivity (Wildman–Crippen MR) is 146 cm³/mol. The highest BCUT2D eigenvalue weighted by Gasteiger charge is 2.59. The Morgan fingerprint density at radius 3 is 2.68 bits per heavy atom. The number of carbonyl (C=O) groups is 1. The molecule has 3 aliphatic rings. The highest BCUT2D eigenvalue weighted by Crippen LogP contribution is 2.52. The molecule has 3 atom stereocenters. The van der Waals surface area contributed by atoms with Gasteiger partial charge >= 0.3 is 0 Å². The molecule has 0 radical (unpaired) electrons. The molecule has 2 aromatic carbocycles. The van der Waals surface area contributed by atoms with E-state index in [1.165, 1.54) is 17.7 Å². The van der Waals surface area contributed by atoms with Crippen LogP contribution >= 0.6 is 11.9 Å². The molecule has 1 aromatic heterocycles. The Morgan fingerprint density at radius 1 is 1.22 bits per heavy atom. The summed E-state index contributed by atoms with van der Waals surface area (Å²) in [6, 6.07) is 10.9. The van der Waals surface area contributed by atoms with Gasteiger partial charge in [-0.25, -0.2) is 4.39 Å². The van der Waals surface area contributed by atoms with Gasteiger partial charge in [0.1, 0.15) is 17.2 Å². The highest BCUT2D eigenvalue weighted by molar-refractivity contribution is 7.99. The van der Waals surface area contributed by atoms with Crippen molar-refractivity contribution in [2.45, 2.75) is 25.3 Å². The van der Waals surface area contributed by atoms with Crippen LogP contribution in [0.5, 0.6) is 0 Å². The Bertz CT molecular complexity index is 1300. The molecule has 6 rings (SSSR count). The molecular weight excluding hydrogens is 489 g/mol. The second-order valence-corrected chi connectivity index (χ2v) is 11.5. The fourth-order valence-electron chi connectivity index (χ4n) is 6.33. The molecule has 0 bridgehead atoms. The van der Waals surface area contributed by atoms with E-state index < -0.39 is 0 Å². The normalized spacial score (nSPS) is 24.9. The molecule has 196 valence electrons. The Hall–Kier alpha value is -2.55. The molecule has 0 spiro atoms. The summed E-state index contributed by atoms with van der Waals surface area (Å²) in [5.41, 5.74) is 5.12. The molecule has 8 heteroatoms. The molecule has 1 amide bonds. The number of nitrogens with one attached hydrogen (secondary N) is 1. The topological polar surface area (TPSA) is 58.0 Å². The lowest BCUT2D eigenvalue weighted by Gasteiger charge is -2.35. The number of hydrogen-bond donors (Lipinski definition) is 1. The predicted octanol–water partition coefficient (Wildman–Crippen LogP) is 5.27. The number of ether oxygens (including phenoxy) is 1. The summed E-state index contributed by atoms with van der Waals surface area (Å²) < 4.78 is 27.7. The zero-order valence-corrected chi connectivity index (χ0v) is 22.4. The molecule has 3 heterocycles. The summed E-state index contributed by atoms with van der Waals surface area (Å²) in [4.78, 5) is 15.5. The maximum atomic E-state index is 13.6. The summed E-state index contributed by atoms with van der Waals surface area (Å²) >= 11 is 1.66. The molecule has 3 aromatic rings. The molecule has 6 nitrogen and oxygen atoms in total. The summed E-state index contributed by atoms with van der Waals surface area (Å²) in [7, 11) is 4.00. The van der Waals surface area contributed by atoms with Crippen molar-refractivity contribution in [3.05, 3.63) is 53.3 Å². The Balaban J connectivity index is 1.38. The van der Waals surface area contributed by atoms with Gasteiger partial charge in [-0.2, -0.15) is 0 Å². The fourth-order valence-corrected chi connectivity index (χ4v) is 6.69. The van der Waals surface area contributed by atoms with Gasteiger partial charge < -0.3 is 23.7 Å². The van der Waals surface area contributed by atoms with E-state index in [1.807, 2.05) is 7.05 Å². The number of carbonyl (C=O) groups excluding carboxylic acids is 1. The maximum absolute atomic E-state index is 13.6. The van der Waals surface area contributed by atoms with E-state index in [1.54, 1.807) is 24.1 Å². The molecule has 37 heavy (non-hydrogen) atoms. The zero-order chi connectivity index (χ0) is 25.7. The number of nitrogens with zero attached hydrogens (tertiary/aromatic N) is 2. The van der Waals surface area contributed by atoms with Crippen LogP contribution in [-0.2, 0) is 16.1 Å². The number of piperidine rings is 1. The summed E-state index contributed by atoms with van der Waals surface area (Å²) in [6.07, 6.45) is 4.12. The summed E-state index contributed by atoms with van der Waals surface area (Å²) in [5.74, 6) is 2.11. The number of halogens is 1. The molecule has 3 fully saturated rings. The van der Waals surface area contributed by atoms with E-state index in [4.69, 9.17) is 9.15 Å². The largest absolute Gasteiger partial charge is 0.456 e. The lowest BCUT2D eigenvalue weighted by molar-refractivity contribution is -0.135. The van der Waals surface area contributed by atoms with Crippen molar-refractivity contribution in [2.24, 2.45) is 17.8 Å². The Labute approximate surface area is 221 Å². The van der Waals surface area contributed by atoms with Crippen molar-refractivity contribution in [3.63, 3.8) is 0 Å². The van der Waals surface area contributed by atoms with E-state index in [2.05, 4.69) is 40.0 Å². The number of anilines is 1. The second kappa shape index (κ2) is 9.97. The van der Waals surface area contributed by atoms with Gasteiger partial charge in [-0.15, -0.1) is 0 Å². The lowest BCUT2D eigenvalue weighted by Crippen LogP contribution is -2.41. The maximum Gasteiger partial charge on any atom is 0.226 e. The second-order valence-electron chi connectivity index (χ2n) is 10.5. The molecular formula is C29H34FN3O3S. The molecule has 3 unspecified atom stereocenters. The van der Waals surface area contributed by atoms with E-state index in [-0.39, 0.29) is 17.7 Å². The van der Waals surface area contributed by atoms with Gasteiger partial charge in [0.15, 0.2) is 0 Å². The van der Waals surface area contributed by atoms with E-state index >= 15 is 0 Å². The van der Waals surface area contributed by atoms with Crippen molar-refractivity contribution in [1.82, 2.24) is 10.2 Å². The van der Waals surface area contributed by atoms with Crippen LogP contribution in [0.3, 0.4) is 0 Å². The van der Waals surface area contributed by atoms with Crippen LogP contribution in [0.2, 0.25) is 0 Å². The van der Waals surface area contributed by atoms with Crippen LogP contribution in [0.15, 0.2) is 40.8 Å². The first-order valence-corrected chi connectivity index (χ1v) is 14.3. The van der Waals surface area contributed by atoms with Gasteiger partial charge in [0.05, 0.1) is 18.9 Å². The molecule has 1 N–H and O–H groups in total. The molecule has 2 saturated heterocycles. The number of amides is 1. The van der Waals surface area contributed by atoms with Gasteiger partial charge in [0, 0.05) is 67.4 Å².